The van der Waals surface area contributed by atoms with Crippen molar-refractivity contribution in [1.82, 2.24) is 4.31 Å². The van der Waals surface area contributed by atoms with Gasteiger partial charge in [-0.25, -0.2) is 8.42 Å². The van der Waals surface area contributed by atoms with E-state index in [2.05, 4.69) is 0 Å². The van der Waals surface area contributed by atoms with Gasteiger partial charge in [0.2, 0.25) is 10.0 Å². The second-order valence-corrected chi connectivity index (χ2v) is 6.40. The van der Waals surface area contributed by atoms with Gasteiger partial charge in [-0.2, -0.15) is 4.31 Å². The topological polar surface area (TPSA) is 72.6 Å². The summed E-state index contributed by atoms with van der Waals surface area (Å²) in [7, 11) is -3.40. The zero-order valence-corrected chi connectivity index (χ0v) is 13.0. The number of hydrogen-bond donors (Lipinski definition) is 1. The summed E-state index contributed by atoms with van der Waals surface area (Å²) >= 11 is 0. The van der Waals surface area contributed by atoms with Gasteiger partial charge in [0.1, 0.15) is 5.75 Å². The van der Waals surface area contributed by atoms with Crippen LogP contribution in [-0.2, 0) is 10.0 Å². The van der Waals surface area contributed by atoms with Crippen molar-refractivity contribution in [3.63, 3.8) is 0 Å². The molecule has 0 aliphatic heterocycles. The van der Waals surface area contributed by atoms with Crippen LogP contribution in [0.1, 0.15) is 26.7 Å². The first-order chi connectivity index (χ1) is 9.56. The molecule has 6 heteroatoms. The zero-order valence-electron chi connectivity index (χ0n) is 12.2. The first-order valence-corrected chi connectivity index (χ1v) is 8.43. The Hall–Kier alpha value is -1.11. The van der Waals surface area contributed by atoms with Crippen molar-refractivity contribution in [3.05, 3.63) is 24.3 Å². The van der Waals surface area contributed by atoms with Crippen LogP contribution in [0.25, 0.3) is 0 Å². The smallest absolute Gasteiger partial charge is 0.243 e. The first kappa shape index (κ1) is 16.9. The molecule has 0 unspecified atom stereocenters. The molecular formula is C14H24N2O3S. The number of rotatable bonds is 9. The summed E-state index contributed by atoms with van der Waals surface area (Å²) in [5.74, 6) is 0.663. The molecule has 0 aromatic heterocycles. The number of hydrogen-bond acceptors (Lipinski definition) is 4. The number of ether oxygens (including phenoxy) is 1. The summed E-state index contributed by atoms with van der Waals surface area (Å²) in [5, 5.41) is 0. The van der Waals surface area contributed by atoms with Gasteiger partial charge in [-0.05, 0) is 43.7 Å². The average Bonchev–Trinajstić information content (AvgIpc) is 2.45. The van der Waals surface area contributed by atoms with Gasteiger partial charge in [0.05, 0.1) is 11.5 Å². The fraction of sp³-hybridized carbons (Fsp3) is 0.571. The summed E-state index contributed by atoms with van der Waals surface area (Å²) in [5.41, 5.74) is 5.39. The molecule has 2 N–H and O–H groups in total. The van der Waals surface area contributed by atoms with Crippen LogP contribution in [0.3, 0.4) is 0 Å². The molecule has 0 bridgehead atoms. The Morgan fingerprint density at radius 3 is 2.35 bits per heavy atom. The Kier molecular flexibility index (Phi) is 6.98. The molecule has 1 aromatic carbocycles. The number of sulfonamides is 1. The highest BCUT2D eigenvalue weighted by Gasteiger charge is 2.21. The lowest BCUT2D eigenvalue weighted by Crippen LogP contribution is -2.31. The van der Waals surface area contributed by atoms with E-state index in [-0.39, 0.29) is 0 Å². The normalized spacial score (nSPS) is 11.8. The fourth-order valence-electron chi connectivity index (χ4n) is 1.83. The van der Waals surface area contributed by atoms with Gasteiger partial charge >= 0.3 is 0 Å². The summed E-state index contributed by atoms with van der Waals surface area (Å²) in [6.45, 7) is 5.94. The Labute approximate surface area is 121 Å². The Morgan fingerprint density at radius 1 is 1.20 bits per heavy atom. The van der Waals surface area contributed by atoms with Crippen LogP contribution in [-0.4, -0.2) is 39.0 Å². The molecule has 0 saturated heterocycles. The van der Waals surface area contributed by atoms with Crippen LogP contribution in [0.15, 0.2) is 29.2 Å². The second kappa shape index (κ2) is 8.24. The monoisotopic (exact) mass is 300 g/mol. The second-order valence-electron chi connectivity index (χ2n) is 4.46. The quantitative estimate of drug-likeness (QED) is 0.706. The highest BCUT2D eigenvalue weighted by atomic mass is 32.2. The standard InChI is InChI=1S/C14H24N2O3S/c1-3-11-16(4-2)20(17,18)14-8-6-13(7-9-14)19-12-5-10-15/h6-9H,3-5,10-12,15H2,1-2H3. The summed E-state index contributed by atoms with van der Waals surface area (Å²) in [4.78, 5) is 0.305. The van der Waals surface area contributed by atoms with Crippen molar-refractivity contribution >= 4 is 10.0 Å². The number of nitrogens with zero attached hydrogens (tertiary/aromatic N) is 1. The van der Waals surface area contributed by atoms with Crippen LogP contribution in [0.5, 0.6) is 5.75 Å². The molecule has 114 valence electrons. The maximum absolute atomic E-state index is 12.4. The molecule has 1 aromatic rings. The van der Waals surface area contributed by atoms with Crippen molar-refractivity contribution in [1.29, 1.82) is 0 Å². The van der Waals surface area contributed by atoms with E-state index < -0.39 is 10.0 Å². The van der Waals surface area contributed by atoms with Gasteiger partial charge in [0.15, 0.2) is 0 Å². The predicted octanol–water partition coefficient (Wildman–Crippen LogP) is 1.83. The van der Waals surface area contributed by atoms with Crippen molar-refractivity contribution in [2.24, 2.45) is 5.73 Å². The molecule has 0 amide bonds. The van der Waals surface area contributed by atoms with Crippen LogP contribution < -0.4 is 10.5 Å². The Morgan fingerprint density at radius 2 is 1.85 bits per heavy atom. The van der Waals surface area contributed by atoms with E-state index in [1.165, 1.54) is 4.31 Å². The van der Waals surface area contributed by atoms with E-state index in [1.54, 1.807) is 24.3 Å². The molecule has 1 rings (SSSR count). The van der Waals surface area contributed by atoms with Gasteiger partial charge in [-0.3, -0.25) is 0 Å². The third kappa shape index (κ3) is 4.47. The van der Waals surface area contributed by atoms with E-state index in [9.17, 15) is 8.42 Å². The molecule has 20 heavy (non-hydrogen) atoms. The van der Waals surface area contributed by atoms with E-state index >= 15 is 0 Å². The van der Waals surface area contributed by atoms with Gasteiger partial charge in [0.25, 0.3) is 0 Å². The van der Waals surface area contributed by atoms with Crippen LogP contribution in [0, 0.1) is 0 Å². The summed E-state index contributed by atoms with van der Waals surface area (Å²) < 4.78 is 31.7. The van der Waals surface area contributed by atoms with Gasteiger partial charge in [-0.1, -0.05) is 13.8 Å². The van der Waals surface area contributed by atoms with Gasteiger partial charge in [0, 0.05) is 13.1 Å². The predicted molar refractivity (Wildman–Crippen MR) is 80.3 cm³/mol. The SMILES string of the molecule is CCCN(CC)S(=O)(=O)c1ccc(OCCCN)cc1. The molecule has 5 nitrogen and oxygen atoms in total. The van der Waals surface area contributed by atoms with Crippen molar-refractivity contribution in [3.8, 4) is 5.75 Å². The van der Waals surface area contributed by atoms with E-state index in [0.717, 1.165) is 12.8 Å². The lowest BCUT2D eigenvalue weighted by Gasteiger charge is -2.19. The molecule has 0 saturated carbocycles. The lowest BCUT2D eigenvalue weighted by atomic mass is 10.3. The summed E-state index contributed by atoms with van der Waals surface area (Å²) in [6.07, 6.45) is 1.58. The lowest BCUT2D eigenvalue weighted by molar-refractivity contribution is 0.313. The molecule has 0 spiro atoms. The molecular weight excluding hydrogens is 276 g/mol. The molecule has 0 aliphatic carbocycles. The zero-order chi connectivity index (χ0) is 15.0. The van der Waals surface area contributed by atoms with Crippen LogP contribution in [0.2, 0.25) is 0 Å². The van der Waals surface area contributed by atoms with Gasteiger partial charge < -0.3 is 10.5 Å². The van der Waals surface area contributed by atoms with E-state index in [4.69, 9.17) is 10.5 Å². The highest BCUT2D eigenvalue weighted by molar-refractivity contribution is 7.89. The highest BCUT2D eigenvalue weighted by Crippen LogP contribution is 2.19. The number of nitrogens with two attached hydrogens (primary N) is 1. The number of benzene rings is 1. The summed E-state index contributed by atoms with van der Waals surface area (Å²) in [6, 6.07) is 6.54. The van der Waals surface area contributed by atoms with Crippen molar-refractivity contribution in [2.45, 2.75) is 31.6 Å². The van der Waals surface area contributed by atoms with Crippen LogP contribution in [0.4, 0.5) is 0 Å². The minimum absolute atomic E-state index is 0.305. The Balaban J connectivity index is 2.80. The average molecular weight is 300 g/mol. The molecule has 0 aliphatic rings. The van der Waals surface area contributed by atoms with E-state index in [1.807, 2.05) is 13.8 Å². The molecule has 0 atom stereocenters. The van der Waals surface area contributed by atoms with Crippen LogP contribution >= 0.6 is 0 Å². The van der Waals surface area contributed by atoms with Crippen molar-refractivity contribution in [2.75, 3.05) is 26.2 Å². The maximum atomic E-state index is 12.4. The Bertz CT molecular complexity index is 486. The largest absolute Gasteiger partial charge is 0.494 e. The molecule has 0 heterocycles. The third-order valence-electron chi connectivity index (χ3n) is 2.90. The van der Waals surface area contributed by atoms with E-state index in [0.29, 0.717) is 36.9 Å². The molecule has 0 radical (unpaired) electrons. The fourth-order valence-corrected chi connectivity index (χ4v) is 3.37. The van der Waals surface area contributed by atoms with Crippen molar-refractivity contribution < 1.29 is 13.2 Å². The maximum Gasteiger partial charge on any atom is 0.243 e. The first-order valence-electron chi connectivity index (χ1n) is 6.99. The third-order valence-corrected chi connectivity index (χ3v) is 4.89. The molecule has 0 fully saturated rings. The minimum Gasteiger partial charge on any atom is -0.494 e. The van der Waals surface area contributed by atoms with Gasteiger partial charge in [-0.15, -0.1) is 0 Å². The minimum atomic E-state index is -3.40.